The molecule has 8 heteroatoms. The molecule has 2 N–H and O–H groups in total. The van der Waals surface area contributed by atoms with E-state index in [2.05, 4.69) is 9.99 Å². The number of carboxylic acid groups (broad SMARTS) is 1. The van der Waals surface area contributed by atoms with Crippen molar-refractivity contribution in [3.05, 3.63) is 59.7 Å². The molecule has 0 saturated carbocycles. The van der Waals surface area contributed by atoms with Crippen LogP contribution in [0.2, 0.25) is 0 Å². The average Bonchev–Trinajstić information content (AvgIpc) is 2.67. The second kappa shape index (κ2) is 11.2. The molecule has 0 unspecified atom stereocenters. The predicted octanol–water partition coefficient (Wildman–Crippen LogP) is 3.30. The van der Waals surface area contributed by atoms with Crippen LogP contribution < -0.4 is 4.74 Å². The molecule has 0 saturated heterocycles. The number of aromatic carboxylic acids is 1. The Morgan fingerprint density at radius 3 is 1.71 bits per heavy atom. The van der Waals surface area contributed by atoms with Crippen LogP contribution in [0.1, 0.15) is 41.5 Å². The topological polar surface area (TPSA) is 122 Å². The first-order valence-electron chi connectivity index (χ1n) is 8.27. The van der Waals surface area contributed by atoms with Gasteiger partial charge in [-0.3, -0.25) is 4.79 Å². The second-order valence-corrected chi connectivity index (χ2v) is 5.36. The summed E-state index contributed by atoms with van der Waals surface area (Å²) in [6.07, 6.45) is 0. The minimum absolute atomic E-state index is 0.0492. The monoisotopic (exact) mass is 387 g/mol. The normalized spacial score (nSPS) is 10.4. The molecule has 0 aromatic heterocycles. The highest BCUT2D eigenvalue weighted by molar-refractivity contribution is 6.45. The van der Waals surface area contributed by atoms with Gasteiger partial charge in [0.05, 0.1) is 5.56 Å². The molecule has 0 aliphatic rings. The van der Waals surface area contributed by atoms with E-state index in [0.29, 0.717) is 17.1 Å². The number of aliphatic hydroxyl groups is 1. The minimum Gasteiger partial charge on any atom is -0.478 e. The zero-order chi connectivity index (χ0) is 21.1. The summed E-state index contributed by atoms with van der Waals surface area (Å²) in [5.74, 6) is -1.05. The van der Waals surface area contributed by atoms with Crippen LogP contribution in [0, 0.1) is 0 Å². The van der Waals surface area contributed by atoms with Crippen molar-refractivity contribution in [2.45, 2.75) is 20.8 Å². The molecule has 2 aromatic rings. The maximum Gasteiger partial charge on any atom is 0.335 e. The van der Waals surface area contributed by atoms with E-state index in [1.165, 1.54) is 26.0 Å². The number of hydrogen-bond donors (Lipinski definition) is 2. The van der Waals surface area contributed by atoms with Gasteiger partial charge in [0.15, 0.2) is 0 Å². The zero-order valence-corrected chi connectivity index (χ0v) is 15.7. The molecular formula is C20H21NO7. The molecule has 0 amide bonds. The Bertz CT molecular complexity index is 840. The van der Waals surface area contributed by atoms with Crippen molar-refractivity contribution in [1.82, 2.24) is 0 Å². The summed E-state index contributed by atoms with van der Waals surface area (Å²) in [7, 11) is 0. The average molecular weight is 387 g/mol. The van der Waals surface area contributed by atoms with Crippen LogP contribution in [-0.2, 0) is 9.63 Å². The van der Waals surface area contributed by atoms with Crippen molar-refractivity contribution in [3.63, 3.8) is 0 Å². The summed E-state index contributed by atoms with van der Waals surface area (Å²) in [4.78, 5) is 38.0. The first kappa shape index (κ1) is 22.5. The third-order valence-corrected chi connectivity index (χ3v) is 3.09. The van der Waals surface area contributed by atoms with Crippen molar-refractivity contribution >= 4 is 23.4 Å². The zero-order valence-electron chi connectivity index (χ0n) is 15.7. The number of ether oxygens (including phenoxy) is 1. The molecule has 0 atom stereocenters. The summed E-state index contributed by atoms with van der Waals surface area (Å²) in [5.41, 5.74) is 0.575. The Hall–Kier alpha value is -3.52. The number of ketones is 1. The fourth-order valence-electron chi connectivity index (χ4n) is 1.86. The molecule has 0 aliphatic carbocycles. The van der Waals surface area contributed by atoms with Gasteiger partial charge in [-0.25, -0.2) is 9.59 Å². The van der Waals surface area contributed by atoms with Crippen molar-refractivity contribution < 1.29 is 34.2 Å². The lowest BCUT2D eigenvalue weighted by Crippen LogP contribution is -2.11. The van der Waals surface area contributed by atoms with E-state index in [1.807, 2.05) is 0 Å². The Kier molecular flexibility index (Phi) is 9.05. The van der Waals surface area contributed by atoms with Crippen LogP contribution in [0.5, 0.6) is 11.5 Å². The third-order valence-electron chi connectivity index (χ3n) is 3.09. The maximum absolute atomic E-state index is 12.1. The molecule has 2 rings (SSSR count). The van der Waals surface area contributed by atoms with Gasteiger partial charge >= 0.3 is 11.9 Å². The molecule has 148 valence electrons. The summed E-state index contributed by atoms with van der Waals surface area (Å²) in [6.45, 7) is 4.57. The van der Waals surface area contributed by atoms with Gasteiger partial charge < -0.3 is 19.8 Å². The highest BCUT2D eigenvalue weighted by Crippen LogP contribution is 2.22. The van der Waals surface area contributed by atoms with Gasteiger partial charge in [-0.2, -0.15) is 0 Å². The SMILES string of the molecule is CC(=O)O/N=C(\C)C(=O)c1ccc(Oc2ccc(C(=O)O)cc2)cc1.CCO. The number of aliphatic hydroxyl groups excluding tert-OH is 1. The lowest BCUT2D eigenvalue weighted by molar-refractivity contribution is -0.140. The lowest BCUT2D eigenvalue weighted by Gasteiger charge is -2.07. The second-order valence-electron chi connectivity index (χ2n) is 5.36. The molecule has 0 bridgehead atoms. The molecule has 2 aromatic carbocycles. The molecule has 0 heterocycles. The van der Waals surface area contributed by atoms with Gasteiger partial charge in [0, 0.05) is 19.1 Å². The third kappa shape index (κ3) is 7.38. The quantitative estimate of drug-likeness (QED) is 0.337. The van der Waals surface area contributed by atoms with Crippen LogP contribution in [0.25, 0.3) is 0 Å². The van der Waals surface area contributed by atoms with Gasteiger partial charge in [-0.05, 0) is 62.4 Å². The Morgan fingerprint density at radius 1 is 0.893 bits per heavy atom. The van der Waals surface area contributed by atoms with E-state index in [1.54, 1.807) is 43.3 Å². The number of benzene rings is 2. The van der Waals surface area contributed by atoms with Crippen LogP contribution in [0.3, 0.4) is 0 Å². The molecule has 28 heavy (non-hydrogen) atoms. The Morgan fingerprint density at radius 2 is 1.32 bits per heavy atom. The largest absolute Gasteiger partial charge is 0.478 e. The van der Waals surface area contributed by atoms with E-state index >= 15 is 0 Å². The first-order valence-corrected chi connectivity index (χ1v) is 8.27. The van der Waals surface area contributed by atoms with E-state index in [9.17, 15) is 14.4 Å². The molecular weight excluding hydrogens is 366 g/mol. The van der Waals surface area contributed by atoms with Gasteiger partial charge in [-0.1, -0.05) is 5.16 Å². The molecule has 0 fully saturated rings. The van der Waals surface area contributed by atoms with Gasteiger partial charge in [0.1, 0.15) is 17.2 Å². The number of nitrogens with zero attached hydrogens (tertiary/aromatic N) is 1. The highest BCUT2D eigenvalue weighted by Gasteiger charge is 2.11. The maximum atomic E-state index is 12.1. The molecule has 0 aliphatic heterocycles. The van der Waals surface area contributed by atoms with Crippen molar-refractivity contribution in [3.8, 4) is 11.5 Å². The van der Waals surface area contributed by atoms with Crippen molar-refractivity contribution in [2.24, 2.45) is 5.16 Å². The summed E-state index contributed by atoms with van der Waals surface area (Å²) >= 11 is 0. The molecule has 8 nitrogen and oxygen atoms in total. The van der Waals surface area contributed by atoms with Gasteiger partial charge in [-0.15, -0.1) is 0 Å². The van der Waals surface area contributed by atoms with Crippen molar-refractivity contribution in [2.75, 3.05) is 6.61 Å². The highest BCUT2D eigenvalue weighted by atomic mass is 16.7. The van der Waals surface area contributed by atoms with Crippen LogP contribution in [-0.4, -0.2) is 40.3 Å². The van der Waals surface area contributed by atoms with E-state index in [4.69, 9.17) is 14.9 Å². The van der Waals surface area contributed by atoms with E-state index < -0.39 is 11.9 Å². The number of carbonyl (C=O) groups excluding carboxylic acids is 2. The number of carboxylic acids is 1. The number of oxime groups is 1. The van der Waals surface area contributed by atoms with E-state index in [-0.39, 0.29) is 23.7 Å². The van der Waals surface area contributed by atoms with Crippen LogP contribution in [0.4, 0.5) is 0 Å². The fourth-order valence-corrected chi connectivity index (χ4v) is 1.86. The smallest absolute Gasteiger partial charge is 0.335 e. The van der Waals surface area contributed by atoms with Crippen LogP contribution >= 0.6 is 0 Å². The lowest BCUT2D eigenvalue weighted by atomic mass is 10.1. The van der Waals surface area contributed by atoms with E-state index in [0.717, 1.165) is 0 Å². The van der Waals surface area contributed by atoms with Gasteiger partial charge in [0.2, 0.25) is 5.78 Å². The molecule has 0 spiro atoms. The van der Waals surface area contributed by atoms with Crippen molar-refractivity contribution in [1.29, 1.82) is 0 Å². The summed E-state index contributed by atoms with van der Waals surface area (Å²) in [6, 6.07) is 12.2. The fraction of sp³-hybridized carbons (Fsp3) is 0.200. The van der Waals surface area contributed by atoms with Crippen LogP contribution in [0.15, 0.2) is 53.7 Å². The predicted molar refractivity (Wildman–Crippen MR) is 102 cm³/mol. The number of rotatable bonds is 6. The minimum atomic E-state index is -1.01. The Labute approximate surface area is 162 Å². The molecule has 0 radical (unpaired) electrons. The summed E-state index contributed by atoms with van der Waals surface area (Å²) < 4.78 is 5.58. The van der Waals surface area contributed by atoms with Gasteiger partial charge in [0.25, 0.3) is 0 Å². The number of hydrogen-bond acceptors (Lipinski definition) is 7. The number of carbonyl (C=O) groups is 3. The summed E-state index contributed by atoms with van der Waals surface area (Å²) in [5, 5.41) is 19.9. The standard InChI is InChI=1S/C18H15NO6.C2H6O/c1-11(19-25-12(2)20)17(21)13-3-7-15(8-4-13)24-16-9-5-14(6-10-16)18(22)23;1-2-3/h3-10H,1-2H3,(H,22,23);3H,2H2,1H3/b19-11+;. The Balaban J connectivity index is 0.00000122. The first-order chi connectivity index (χ1) is 13.3. The number of Topliss-reactive ketones (excluding diaryl/α,β-unsaturated/α-hetero) is 1.